The number of nitrogens with two attached hydrogens (primary N) is 1. The van der Waals surface area contributed by atoms with Crippen LogP contribution in [0.4, 0.5) is 0 Å². The smallest absolute Gasteiger partial charge is 0.322 e. The third-order valence-corrected chi connectivity index (χ3v) is 1.80. The highest BCUT2D eigenvalue weighted by molar-refractivity contribution is 5.92. The molecule has 2 aromatic rings. The van der Waals surface area contributed by atoms with Gasteiger partial charge in [-0.15, -0.1) is 0 Å². The Labute approximate surface area is 91.4 Å². The standard InChI is InChI=1S/C9H10N6O/c1-15-5-6(4-13-15)16-9-12-3-2-7(14-9)8(10)11/h2-5H,1H3,(H3,10,11). The van der Waals surface area contributed by atoms with Gasteiger partial charge >= 0.3 is 6.01 Å². The van der Waals surface area contributed by atoms with E-state index >= 15 is 0 Å². The zero-order valence-electron chi connectivity index (χ0n) is 8.58. The van der Waals surface area contributed by atoms with E-state index in [4.69, 9.17) is 15.9 Å². The van der Waals surface area contributed by atoms with Crippen LogP contribution < -0.4 is 10.5 Å². The van der Waals surface area contributed by atoms with Crippen molar-refractivity contribution < 1.29 is 4.74 Å². The van der Waals surface area contributed by atoms with Crippen molar-refractivity contribution in [2.24, 2.45) is 12.8 Å². The number of rotatable bonds is 3. The summed E-state index contributed by atoms with van der Waals surface area (Å²) in [4.78, 5) is 7.86. The van der Waals surface area contributed by atoms with Crippen molar-refractivity contribution in [3.05, 3.63) is 30.4 Å². The molecule has 0 bridgehead atoms. The van der Waals surface area contributed by atoms with Gasteiger partial charge in [0.1, 0.15) is 11.5 Å². The van der Waals surface area contributed by atoms with Crippen LogP contribution in [0.25, 0.3) is 0 Å². The fourth-order valence-corrected chi connectivity index (χ4v) is 1.10. The predicted octanol–water partition coefficient (Wildman–Crippen LogP) is 0.286. The second-order valence-corrected chi connectivity index (χ2v) is 3.09. The molecule has 16 heavy (non-hydrogen) atoms. The lowest BCUT2D eigenvalue weighted by Gasteiger charge is -2.01. The van der Waals surface area contributed by atoms with Gasteiger partial charge in [0.15, 0.2) is 5.75 Å². The van der Waals surface area contributed by atoms with E-state index in [0.717, 1.165) is 0 Å². The van der Waals surface area contributed by atoms with Crippen LogP contribution in [-0.2, 0) is 7.05 Å². The normalized spacial score (nSPS) is 10.1. The summed E-state index contributed by atoms with van der Waals surface area (Å²) in [7, 11) is 1.78. The number of nitrogens with one attached hydrogen (secondary N) is 1. The highest BCUT2D eigenvalue weighted by atomic mass is 16.5. The van der Waals surface area contributed by atoms with E-state index in [1.807, 2.05) is 0 Å². The van der Waals surface area contributed by atoms with Crippen LogP contribution in [0.5, 0.6) is 11.8 Å². The largest absolute Gasteiger partial charge is 0.421 e. The van der Waals surface area contributed by atoms with Crippen molar-refractivity contribution in [3.63, 3.8) is 0 Å². The Balaban J connectivity index is 2.21. The number of ether oxygens (including phenoxy) is 1. The van der Waals surface area contributed by atoms with E-state index in [1.54, 1.807) is 30.2 Å². The molecule has 0 aliphatic carbocycles. The molecule has 0 unspecified atom stereocenters. The van der Waals surface area contributed by atoms with Gasteiger partial charge < -0.3 is 10.5 Å². The zero-order valence-corrected chi connectivity index (χ0v) is 8.58. The number of hydrogen-bond acceptors (Lipinski definition) is 5. The Hall–Kier alpha value is -2.44. The first kappa shape index (κ1) is 10.1. The van der Waals surface area contributed by atoms with Crippen molar-refractivity contribution in [2.75, 3.05) is 0 Å². The van der Waals surface area contributed by atoms with Gasteiger partial charge in [0.2, 0.25) is 0 Å². The van der Waals surface area contributed by atoms with Gasteiger partial charge in [0, 0.05) is 13.2 Å². The first-order valence-electron chi connectivity index (χ1n) is 4.49. The molecule has 0 aliphatic heterocycles. The maximum Gasteiger partial charge on any atom is 0.322 e. The maximum absolute atomic E-state index is 7.23. The van der Waals surface area contributed by atoms with Gasteiger partial charge in [0.25, 0.3) is 0 Å². The summed E-state index contributed by atoms with van der Waals surface area (Å²) in [5.41, 5.74) is 5.63. The Morgan fingerprint density at radius 1 is 1.56 bits per heavy atom. The summed E-state index contributed by atoms with van der Waals surface area (Å²) in [6.45, 7) is 0. The van der Waals surface area contributed by atoms with Crippen LogP contribution >= 0.6 is 0 Å². The van der Waals surface area contributed by atoms with Gasteiger partial charge in [-0.3, -0.25) is 10.1 Å². The van der Waals surface area contributed by atoms with Gasteiger partial charge in [-0.2, -0.15) is 10.1 Å². The maximum atomic E-state index is 7.23. The molecule has 2 heterocycles. The molecule has 2 aromatic heterocycles. The molecule has 0 amide bonds. The van der Waals surface area contributed by atoms with E-state index in [9.17, 15) is 0 Å². The van der Waals surface area contributed by atoms with Crippen molar-refractivity contribution in [1.82, 2.24) is 19.7 Å². The number of aromatic nitrogens is 4. The summed E-state index contributed by atoms with van der Waals surface area (Å²) >= 11 is 0. The Morgan fingerprint density at radius 2 is 2.38 bits per heavy atom. The molecule has 3 N–H and O–H groups in total. The van der Waals surface area contributed by atoms with Crippen molar-refractivity contribution in [2.45, 2.75) is 0 Å². The average molecular weight is 218 g/mol. The van der Waals surface area contributed by atoms with Crippen molar-refractivity contribution in [3.8, 4) is 11.8 Å². The van der Waals surface area contributed by atoms with Gasteiger partial charge in [-0.05, 0) is 6.07 Å². The predicted molar refractivity (Wildman–Crippen MR) is 56.3 cm³/mol. The Bertz CT molecular complexity index is 520. The number of nitrogen functional groups attached to an aromatic ring is 1. The van der Waals surface area contributed by atoms with E-state index in [1.165, 1.54) is 6.20 Å². The first-order valence-corrected chi connectivity index (χ1v) is 4.49. The van der Waals surface area contributed by atoms with Gasteiger partial charge in [-0.25, -0.2) is 4.98 Å². The van der Waals surface area contributed by atoms with Gasteiger partial charge in [0.05, 0.1) is 12.4 Å². The molecule has 0 spiro atoms. The monoisotopic (exact) mass is 218 g/mol. The van der Waals surface area contributed by atoms with Crippen LogP contribution in [0.1, 0.15) is 5.69 Å². The lowest BCUT2D eigenvalue weighted by atomic mass is 10.4. The second kappa shape index (κ2) is 3.97. The number of aryl methyl sites for hydroxylation is 1. The molecular formula is C9H10N6O. The first-order chi connectivity index (χ1) is 7.65. The molecule has 0 saturated carbocycles. The van der Waals surface area contributed by atoms with E-state index < -0.39 is 0 Å². The number of amidine groups is 1. The Kier molecular flexibility index (Phi) is 2.50. The minimum absolute atomic E-state index is 0.126. The zero-order chi connectivity index (χ0) is 11.5. The highest BCUT2D eigenvalue weighted by Gasteiger charge is 2.05. The SMILES string of the molecule is Cn1cc(Oc2nccc(C(=N)N)n2)cn1. The van der Waals surface area contributed by atoms with E-state index in [0.29, 0.717) is 11.4 Å². The van der Waals surface area contributed by atoms with Crippen LogP contribution in [0.15, 0.2) is 24.7 Å². The van der Waals surface area contributed by atoms with Gasteiger partial charge in [-0.1, -0.05) is 0 Å². The third-order valence-electron chi connectivity index (χ3n) is 1.80. The quantitative estimate of drug-likeness (QED) is 0.569. The topological polar surface area (TPSA) is 103 Å². The lowest BCUT2D eigenvalue weighted by molar-refractivity contribution is 0.441. The fourth-order valence-electron chi connectivity index (χ4n) is 1.10. The minimum Gasteiger partial charge on any atom is -0.421 e. The van der Waals surface area contributed by atoms with Crippen LogP contribution in [0, 0.1) is 5.41 Å². The van der Waals surface area contributed by atoms with E-state index in [2.05, 4.69) is 15.1 Å². The molecular weight excluding hydrogens is 208 g/mol. The van der Waals surface area contributed by atoms with Crippen molar-refractivity contribution >= 4 is 5.84 Å². The molecule has 2 rings (SSSR count). The van der Waals surface area contributed by atoms with Crippen LogP contribution in [0.3, 0.4) is 0 Å². The summed E-state index contributed by atoms with van der Waals surface area (Å²) in [6.07, 6.45) is 4.71. The molecule has 0 atom stereocenters. The number of nitrogens with zero attached hydrogens (tertiary/aromatic N) is 4. The summed E-state index contributed by atoms with van der Waals surface area (Å²) in [6, 6.07) is 1.68. The number of hydrogen-bond donors (Lipinski definition) is 2. The van der Waals surface area contributed by atoms with E-state index in [-0.39, 0.29) is 11.8 Å². The molecule has 7 heteroatoms. The molecule has 0 saturated heterocycles. The minimum atomic E-state index is -0.126. The molecule has 0 aromatic carbocycles. The molecule has 82 valence electrons. The summed E-state index contributed by atoms with van der Waals surface area (Å²) in [5, 5.41) is 11.2. The Morgan fingerprint density at radius 3 is 3.00 bits per heavy atom. The molecule has 7 nitrogen and oxygen atoms in total. The summed E-state index contributed by atoms with van der Waals surface area (Å²) < 4.78 is 6.93. The molecule has 0 aliphatic rings. The fraction of sp³-hybridized carbons (Fsp3) is 0.111. The second-order valence-electron chi connectivity index (χ2n) is 3.09. The highest BCUT2D eigenvalue weighted by Crippen LogP contribution is 2.15. The van der Waals surface area contributed by atoms with Crippen LogP contribution in [0.2, 0.25) is 0 Å². The van der Waals surface area contributed by atoms with Crippen molar-refractivity contribution in [1.29, 1.82) is 5.41 Å². The summed E-state index contributed by atoms with van der Waals surface area (Å²) in [5.74, 6) is 0.404. The average Bonchev–Trinajstić information content (AvgIpc) is 2.64. The molecule has 0 fully saturated rings. The molecule has 0 radical (unpaired) electrons. The lowest BCUT2D eigenvalue weighted by Crippen LogP contribution is -2.13. The van der Waals surface area contributed by atoms with Crippen LogP contribution in [-0.4, -0.2) is 25.6 Å². The third kappa shape index (κ3) is 2.14.